The van der Waals surface area contributed by atoms with Crippen LogP contribution in [0, 0.1) is 0 Å². The third-order valence-corrected chi connectivity index (χ3v) is 1.82. The Morgan fingerprint density at radius 2 is 1.88 bits per heavy atom. The number of aliphatic hydroxyl groups is 1. The van der Waals surface area contributed by atoms with Crippen LogP contribution in [0.2, 0.25) is 0 Å². The molecule has 1 rings (SSSR count). The summed E-state index contributed by atoms with van der Waals surface area (Å²) in [5.74, 6) is -1.64. The van der Waals surface area contributed by atoms with Crippen molar-refractivity contribution >= 4 is 0 Å². The Balaban J connectivity index is 3.47. The van der Waals surface area contributed by atoms with Crippen LogP contribution in [0.25, 0.3) is 0 Å². The Kier molecular flexibility index (Phi) is 3.32. The molecule has 0 saturated carbocycles. The number of rotatable bonds is 2. The van der Waals surface area contributed by atoms with Gasteiger partial charge in [0.05, 0.1) is 6.61 Å². The van der Waals surface area contributed by atoms with E-state index in [1.54, 1.807) is 0 Å². The maximum atomic E-state index is 12.4. The van der Waals surface area contributed by atoms with Crippen LogP contribution in [-0.2, 0) is 12.8 Å². The molecule has 0 bridgehead atoms. The van der Waals surface area contributed by atoms with E-state index in [0.717, 1.165) is 0 Å². The van der Waals surface area contributed by atoms with Crippen molar-refractivity contribution in [2.45, 2.75) is 19.2 Å². The summed E-state index contributed by atoms with van der Waals surface area (Å²) in [5, 5.41) is 17.6. The lowest BCUT2D eigenvalue weighted by atomic mass is 10.1. The van der Waals surface area contributed by atoms with Gasteiger partial charge in [-0.1, -0.05) is 0 Å². The third-order valence-electron chi connectivity index (χ3n) is 1.82. The number of alkyl halides is 5. The van der Waals surface area contributed by atoms with Gasteiger partial charge in [0.25, 0.3) is 6.43 Å². The molecule has 3 nitrogen and oxygen atoms in total. The van der Waals surface area contributed by atoms with Crippen LogP contribution < -0.4 is 0 Å². The quantitative estimate of drug-likeness (QED) is 0.783. The lowest BCUT2D eigenvalue weighted by Gasteiger charge is -2.14. The number of hydrogen-bond acceptors (Lipinski definition) is 3. The average molecular weight is 243 g/mol. The molecule has 0 aliphatic carbocycles. The van der Waals surface area contributed by atoms with Gasteiger partial charge in [-0.3, -0.25) is 4.98 Å². The number of pyridine rings is 1. The van der Waals surface area contributed by atoms with E-state index in [9.17, 15) is 22.0 Å². The van der Waals surface area contributed by atoms with E-state index in [0.29, 0.717) is 6.20 Å². The minimum Gasteiger partial charge on any atom is -0.505 e. The van der Waals surface area contributed by atoms with Gasteiger partial charge in [-0.05, 0) is 0 Å². The van der Waals surface area contributed by atoms with Crippen LogP contribution in [0.5, 0.6) is 5.75 Å². The molecule has 8 heteroatoms. The van der Waals surface area contributed by atoms with E-state index in [1.165, 1.54) is 0 Å². The molecule has 0 spiro atoms. The van der Waals surface area contributed by atoms with Gasteiger partial charge in [0, 0.05) is 11.8 Å². The number of hydrogen-bond donors (Lipinski definition) is 2. The fraction of sp³-hybridized carbons (Fsp3) is 0.375. The fourth-order valence-corrected chi connectivity index (χ4v) is 1.15. The van der Waals surface area contributed by atoms with Crippen molar-refractivity contribution in [1.82, 2.24) is 4.98 Å². The van der Waals surface area contributed by atoms with Gasteiger partial charge in [-0.2, -0.15) is 13.2 Å². The maximum absolute atomic E-state index is 12.4. The minimum absolute atomic E-state index is 0.462. The lowest BCUT2D eigenvalue weighted by Crippen LogP contribution is -2.12. The molecule has 90 valence electrons. The van der Waals surface area contributed by atoms with Gasteiger partial charge in [-0.15, -0.1) is 0 Å². The molecule has 0 amide bonds. The van der Waals surface area contributed by atoms with E-state index in [4.69, 9.17) is 10.2 Å². The molecular formula is C8H6F5NO2. The molecule has 0 atom stereocenters. The highest BCUT2D eigenvalue weighted by molar-refractivity contribution is 5.43. The van der Waals surface area contributed by atoms with Crippen LogP contribution in [0.15, 0.2) is 6.20 Å². The summed E-state index contributed by atoms with van der Waals surface area (Å²) in [6.45, 7) is -1.06. The first kappa shape index (κ1) is 12.6. The summed E-state index contributed by atoms with van der Waals surface area (Å²) >= 11 is 0. The fourth-order valence-electron chi connectivity index (χ4n) is 1.15. The minimum atomic E-state index is -5.03. The molecule has 2 N–H and O–H groups in total. The molecule has 0 saturated heterocycles. The first-order valence-corrected chi connectivity index (χ1v) is 3.96. The maximum Gasteiger partial charge on any atom is 0.420 e. The normalized spacial score (nSPS) is 12.2. The molecular weight excluding hydrogens is 237 g/mol. The topological polar surface area (TPSA) is 53.4 Å². The van der Waals surface area contributed by atoms with Gasteiger partial charge in [0.1, 0.15) is 11.3 Å². The van der Waals surface area contributed by atoms with E-state index < -0.39 is 41.8 Å². The molecule has 1 aromatic heterocycles. The molecule has 16 heavy (non-hydrogen) atoms. The second kappa shape index (κ2) is 4.20. The van der Waals surface area contributed by atoms with Crippen molar-refractivity contribution in [3.8, 4) is 5.75 Å². The molecule has 0 radical (unpaired) electrons. The van der Waals surface area contributed by atoms with Crippen LogP contribution in [0.1, 0.15) is 23.2 Å². The van der Waals surface area contributed by atoms with Gasteiger partial charge in [-0.25, -0.2) is 8.78 Å². The SMILES string of the molecule is OCc1cnc(C(F)F)c(O)c1C(F)(F)F. The standard InChI is InChI=1S/C8H6F5NO2/c9-7(10)5-6(16)4(8(11,12)13)3(2-15)1-14-5/h1,7,15-16H,2H2. The van der Waals surface area contributed by atoms with Crippen LogP contribution in [0.4, 0.5) is 22.0 Å². The highest BCUT2D eigenvalue weighted by Crippen LogP contribution is 2.41. The van der Waals surface area contributed by atoms with Crippen molar-refractivity contribution in [2.24, 2.45) is 0 Å². The molecule has 0 aromatic carbocycles. The van der Waals surface area contributed by atoms with Crippen LogP contribution in [-0.4, -0.2) is 15.2 Å². The number of nitrogens with zero attached hydrogens (tertiary/aromatic N) is 1. The smallest absolute Gasteiger partial charge is 0.420 e. The molecule has 0 aliphatic heterocycles. The predicted octanol–water partition coefficient (Wildman–Crippen LogP) is 2.24. The van der Waals surface area contributed by atoms with Crippen molar-refractivity contribution in [2.75, 3.05) is 0 Å². The van der Waals surface area contributed by atoms with E-state index in [-0.39, 0.29) is 0 Å². The zero-order valence-electron chi connectivity index (χ0n) is 7.59. The summed E-state index contributed by atoms with van der Waals surface area (Å²) < 4.78 is 61.5. The Morgan fingerprint density at radius 3 is 2.25 bits per heavy atom. The Hall–Kier alpha value is -1.44. The first-order valence-electron chi connectivity index (χ1n) is 3.96. The number of aromatic hydroxyl groups is 1. The molecule has 1 heterocycles. The second-order valence-corrected chi connectivity index (χ2v) is 2.85. The van der Waals surface area contributed by atoms with Gasteiger partial charge < -0.3 is 10.2 Å². The molecule has 0 fully saturated rings. The summed E-state index contributed by atoms with van der Waals surface area (Å²) in [5.41, 5.74) is -3.79. The van der Waals surface area contributed by atoms with Gasteiger partial charge in [0.2, 0.25) is 0 Å². The second-order valence-electron chi connectivity index (χ2n) is 2.85. The summed E-state index contributed by atoms with van der Waals surface area (Å²) in [6.07, 6.45) is -7.90. The largest absolute Gasteiger partial charge is 0.505 e. The lowest BCUT2D eigenvalue weighted by molar-refractivity contribution is -0.140. The number of halogens is 5. The molecule has 0 aliphatic rings. The van der Waals surface area contributed by atoms with Crippen LogP contribution >= 0.6 is 0 Å². The Labute approximate surface area is 86.2 Å². The zero-order valence-corrected chi connectivity index (χ0v) is 7.59. The highest BCUT2D eigenvalue weighted by Gasteiger charge is 2.39. The summed E-state index contributed by atoms with van der Waals surface area (Å²) in [4.78, 5) is 2.96. The van der Waals surface area contributed by atoms with E-state index in [1.807, 2.05) is 0 Å². The number of aromatic nitrogens is 1. The van der Waals surface area contributed by atoms with Gasteiger partial charge in [0.15, 0.2) is 5.75 Å². The van der Waals surface area contributed by atoms with Crippen molar-refractivity contribution in [3.05, 3.63) is 23.0 Å². The highest BCUT2D eigenvalue weighted by atomic mass is 19.4. The zero-order chi connectivity index (χ0) is 12.5. The first-order chi connectivity index (χ1) is 7.29. The van der Waals surface area contributed by atoms with Crippen molar-refractivity contribution in [1.29, 1.82) is 0 Å². The van der Waals surface area contributed by atoms with E-state index >= 15 is 0 Å². The van der Waals surface area contributed by atoms with Crippen LogP contribution in [0.3, 0.4) is 0 Å². The Bertz CT molecular complexity index is 391. The molecule has 0 unspecified atom stereocenters. The van der Waals surface area contributed by atoms with Gasteiger partial charge >= 0.3 is 6.18 Å². The number of aliphatic hydroxyl groups excluding tert-OH is 1. The third kappa shape index (κ3) is 2.21. The van der Waals surface area contributed by atoms with E-state index in [2.05, 4.69) is 4.98 Å². The van der Waals surface area contributed by atoms with Crippen molar-refractivity contribution < 1.29 is 32.2 Å². The monoisotopic (exact) mass is 243 g/mol. The van der Waals surface area contributed by atoms with Crippen molar-refractivity contribution in [3.63, 3.8) is 0 Å². The molecule has 1 aromatic rings. The summed E-state index contributed by atoms with van der Waals surface area (Å²) in [6, 6.07) is 0. The predicted molar refractivity (Wildman–Crippen MR) is 41.8 cm³/mol. The Morgan fingerprint density at radius 1 is 1.31 bits per heavy atom. The average Bonchev–Trinajstić information content (AvgIpc) is 2.14. The summed E-state index contributed by atoms with van der Waals surface area (Å²) in [7, 11) is 0.